The van der Waals surface area contributed by atoms with Crippen LogP contribution in [0.25, 0.3) is 6.08 Å². The SMILES string of the molecule is CC(C)CCOCCOc1cccc(C=CC(=O)O)c1. The summed E-state index contributed by atoms with van der Waals surface area (Å²) in [6, 6.07) is 7.29. The van der Waals surface area contributed by atoms with Crippen LogP contribution in [0.4, 0.5) is 0 Å². The molecule has 4 heteroatoms. The second kappa shape index (κ2) is 9.15. The molecule has 4 nitrogen and oxygen atoms in total. The molecule has 20 heavy (non-hydrogen) atoms. The van der Waals surface area contributed by atoms with Crippen molar-refractivity contribution in [2.75, 3.05) is 19.8 Å². The van der Waals surface area contributed by atoms with Gasteiger partial charge in [-0.2, -0.15) is 0 Å². The lowest BCUT2D eigenvalue weighted by Crippen LogP contribution is -2.08. The Bertz CT molecular complexity index is 438. The molecular formula is C16H22O4. The largest absolute Gasteiger partial charge is 0.491 e. The van der Waals surface area contributed by atoms with E-state index in [1.165, 1.54) is 6.08 Å². The monoisotopic (exact) mass is 278 g/mol. The molecular weight excluding hydrogens is 256 g/mol. The topological polar surface area (TPSA) is 55.8 Å². The van der Waals surface area contributed by atoms with E-state index in [-0.39, 0.29) is 0 Å². The lowest BCUT2D eigenvalue weighted by atomic mass is 10.1. The van der Waals surface area contributed by atoms with E-state index in [0.29, 0.717) is 24.9 Å². The number of hydrogen-bond donors (Lipinski definition) is 1. The van der Waals surface area contributed by atoms with E-state index in [4.69, 9.17) is 14.6 Å². The van der Waals surface area contributed by atoms with Gasteiger partial charge in [0.1, 0.15) is 12.4 Å². The van der Waals surface area contributed by atoms with Gasteiger partial charge in [-0.05, 0) is 36.1 Å². The van der Waals surface area contributed by atoms with Crippen molar-refractivity contribution in [1.82, 2.24) is 0 Å². The van der Waals surface area contributed by atoms with Crippen LogP contribution >= 0.6 is 0 Å². The Labute approximate surface area is 120 Å². The standard InChI is InChI=1S/C16H22O4/c1-13(2)8-9-19-10-11-20-15-5-3-4-14(12-15)6-7-16(17)18/h3-7,12-13H,8-11H2,1-2H3,(H,17,18). The molecule has 0 bridgehead atoms. The highest BCUT2D eigenvalue weighted by molar-refractivity contribution is 5.85. The van der Waals surface area contributed by atoms with Gasteiger partial charge in [0.2, 0.25) is 0 Å². The van der Waals surface area contributed by atoms with Crippen molar-refractivity contribution < 1.29 is 19.4 Å². The molecule has 0 radical (unpaired) electrons. The quantitative estimate of drug-likeness (QED) is 0.556. The van der Waals surface area contributed by atoms with Crippen LogP contribution in [0.1, 0.15) is 25.8 Å². The van der Waals surface area contributed by atoms with Crippen molar-refractivity contribution in [2.24, 2.45) is 5.92 Å². The molecule has 1 aromatic carbocycles. The summed E-state index contributed by atoms with van der Waals surface area (Å²) < 4.78 is 11.0. The van der Waals surface area contributed by atoms with E-state index in [1.807, 2.05) is 18.2 Å². The van der Waals surface area contributed by atoms with Crippen LogP contribution < -0.4 is 4.74 Å². The van der Waals surface area contributed by atoms with Crippen LogP contribution in [0.3, 0.4) is 0 Å². The number of hydrogen-bond acceptors (Lipinski definition) is 3. The fourth-order valence-electron chi connectivity index (χ4n) is 1.52. The number of carbonyl (C=O) groups is 1. The molecule has 0 aliphatic heterocycles. The molecule has 0 saturated carbocycles. The average Bonchev–Trinajstić information content (AvgIpc) is 2.40. The molecule has 0 heterocycles. The predicted molar refractivity (Wildman–Crippen MR) is 78.9 cm³/mol. The minimum atomic E-state index is -0.963. The number of ether oxygens (including phenoxy) is 2. The summed E-state index contributed by atoms with van der Waals surface area (Å²) in [6.07, 6.45) is 3.69. The van der Waals surface area contributed by atoms with Gasteiger partial charge < -0.3 is 14.6 Å². The van der Waals surface area contributed by atoms with Crippen LogP contribution in [0.15, 0.2) is 30.3 Å². The summed E-state index contributed by atoms with van der Waals surface area (Å²) in [7, 11) is 0. The molecule has 1 aromatic rings. The van der Waals surface area contributed by atoms with Gasteiger partial charge in [0.05, 0.1) is 6.61 Å². The Kier molecular flexibility index (Phi) is 7.43. The second-order valence-electron chi connectivity index (χ2n) is 4.89. The summed E-state index contributed by atoms with van der Waals surface area (Å²) in [6.45, 7) is 6.13. The van der Waals surface area contributed by atoms with E-state index >= 15 is 0 Å². The van der Waals surface area contributed by atoms with Gasteiger partial charge in [-0.15, -0.1) is 0 Å². The highest BCUT2D eigenvalue weighted by Crippen LogP contribution is 2.14. The molecule has 0 aliphatic carbocycles. The number of carboxylic acid groups (broad SMARTS) is 1. The van der Waals surface area contributed by atoms with E-state index in [2.05, 4.69) is 13.8 Å². The normalized spacial score (nSPS) is 11.2. The average molecular weight is 278 g/mol. The Morgan fingerprint density at radius 2 is 2.10 bits per heavy atom. The molecule has 0 amide bonds. The van der Waals surface area contributed by atoms with E-state index in [1.54, 1.807) is 6.07 Å². The number of rotatable bonds is 9. The minimum absolute atomic E-state index is 0.490. The molecule has 110 valence electrons. The fourth-order valence-corrected chi connectivity index (χ4v) is 1.52. The Hall–Kier alpha value is -1.81. The number of aliphatic carboxylic acids is 1. The first-order valence-corrected chi connectivity index (χ1v) is 6.79. The maximum atomic E-state index is 10.4. The van der Waals surface area contributed by atoms with Crippen LogP contribution in [-0.2, 0) is 9.53 Å². The summed E-state index contributed by atoms with van der Waals surface area (Å²) in [4.78, 5) is 10.4. The molecule has 0 saturated heterocycles. The molecule has 0 atom stereocenters. The van der Waals surface area contributed by atoms with Crippen molar-refractivity contribution in [3.63, 3.8) is 0 Å². The smallest absolute Gasteiger partial charge is 0.328 e. The molecule has 0 fully saturated rings. The minimum Gasteiger partial charge on any atom is -0.491 e. The second-order valence-corrected chi connectivity index (χ2v) is 4.89. The lowest BCUT2D eigenvalue weighted by molar-refractivity contribution is -0.131. The zero-order valence-corrected chi connectivity index (χ0v) is 12.0. The molecule has 0 unspecified atom stereocenters. The van der Waals surface area contributed by atoms with Gasteiger partial charge in [0.15, 0.2) is 0 Å². The highest BCUT2D eigenvalue weighted by Gasteiger charge is 1.97. The molecule has 0 aromatic heterocycles. The molecule has 0 spiro atoms. The highest BCUT2D eigenvalue weighted by atomic mass is 16.5. The number of benzene rings is 1. The lowest BCUT2D eigenvalue weighted by Gasteiger charge is -2.08. The van der Waals surface area contributed by atoms with Gasteiger partial charge in [0, 0.05) is 12.7 Å². The maximum absolute atomic E-state index is 10.4. The van der Waals surface area contributed by atoms with Crippen molar-refractivity contribution in [3.05, 3.63) is 35.9 Å². The Morgan fingerprint density at radius 1 is 1.30 bits per heavy atom. The Morgan fingerprint density at radius 3 is 2.80 bits per heavy atom. The molecule has 0 aliphatic rings. The van der Waals surface area contributed by atoms with Crippen molar-refractivity contribution >= 4 is 12.0 Å². The van der Waals surface area contributed by atoms with Gasteiger partial charge in [-0.1, -0.05) is 26.0 Å². The van der Waals surface area contributed by atoms with Crippen LogP contribution in [0, 0.1) is 5.92 Å². The Balaban J connectivity index is 2.30. The van der Waals surface area contributed by atoms with Gasteiger partial charge in [-0.25, -0.2) is 4.79 Å². The summed E-state index contributed by atoms with van der Waals surface area (Å²) >= 11 is 0. The first-order valence-electron chi connectivity index (χ1n) is 6.79. The van der Waals surface area contributed by atoms with Crippen LogP contribution in [0.2, 0.25) is 0 Å². The van der Waals surface area contributed by atoms with E-state index in [0.717, 1.165) is 24.7 Å². The van der Waals surface area contributed by atoms with Crippen molar-refractivity contribution in [2.45, 2.75) is 20.3 Å². The summed E-state index contributed by atoms with van der Waals surface area (Å²) in [5.74, 6) is 0.397. The van der Waals surface area contributed by atoms with Gasteiger partial charge >= 0.3 is 5.97 Å². The molecule has 1 rings (SSSR count). The summed E-state index contributed by atoms with van der Waals surface area (Å²) in [5.41, 5.74) is 0.797. The molecule has 1 N–H and O–H groups in total. The zero-order valence-electron chi connectivity index (χ0n) is 12.0. The van der Waals surface area contributed by atoms with Gasteiger partial charge in [0.25, 0.3) is 0 Å². The maximum Gasteiger partial charge on any atom is 0.328 e. The van der Waals surface area contributed by atoms with Crippen LogP contribution in [-0.4, -0.2) is 30.9 Å². The van der Waals surface area contributed by atoms with E-state index in [9.17, 15) is 4.79 Å². The third-order valence-electron chi connectivity index (χ3n) is 2.61. The summed E-state index contributed by atoms with van der Waals surface area (Å²) in [5, 5.41) is 8.57. The van der Waals surface area contributed by atoms with Crippen molar-refractivity contribution in [3.8, 4) is 5.75 Å². The van der Waals surface area contributed by atoms with Crippen molar-refractivity contribution in [1.29, 1.82) is 0 Å². The first-order chi connectivity index (χ1) is 9.58. The van der Waals surface area contributed by atoms with Crippen LogP contribution in [0.5, 0.6) is 5.75 Å². The van der Waals surface area contributed by atoms with Gasteiger partial charge in [-0.3, -0.25) is 0 Å². The predicted octanol–water partition coefficient (Wildman–Crippen LogP) is 3.23. The van der Waals surface area contributed by atoms with E-state index < -0.39 is 5.97 Å². The first kappa shape index (κ1) is 16.2. The fraction of sp³-hybridized carbons (Fsp3) is 0.438. The third kappa shape index (κ3) is 7.59. The zero-order chi connectivity index (χ0) is 14.8. The number of carboxylic acids is 1. The third-order valence-corrected chi connectivity index (χ3v) is 2.61.